The fraction of sp³-hybridized carbons (Fsp3) is 0. The van der Waals surface area contributed by atoms with Crippen molar-refractivity contribution >= 4 is 53.3 Å². The first-order valence-corrected chi connectivity index (χ1v) is 17.5. The van der Waals surface area contributed by atoms with Crippen molar-refractivity contribution in [1.82, 2.24) is 19.5 Å². The molecule has 0 amide bonds. The molecule has 5 heteroatoms. The molecule has 0 unspecified atom stereocenters. The summed E-state index contributed by atoms with van der Waals surface area (Å²) < 4.78 is 4.83. The fourth-order valence-corrected chi connectivity index (χ4v) is 8.39. The normalized spacial score (nSPS) is 11.6. The van der Waals surface area contributed by atoms with E-state index >= 15 is 0 Å². The van der Waals surface area contributed by atoms with Crippen molar-refractivity contribution < 1.29 is 0 Å². The Hall–Kier alpha value is -6.43. The summed E-state index contributed by atoms with van der Waals surface area (Å²) in [4.78, 5) is 15.6. The minimum atomic E-state index is 0.644. The average Bonchev–Trinajstić information content (AvgIpc) is 3.74. The van der Waals surface area contributed by atoms with E-state index in [2.05, 4.69) is 138 Å². The van der Waals surface area contributed by atoms with Crippen LogP contribution >= 0.6 is 11.3 Å². The molecule has 10 rings (SSSR count). The van der Waals surface area contributed by atoms with E-state index < -0.39 is 0 Å². The number of para-hydroxylation sites is 1. The summed E-state index contributed by atoms with van der Waals surface area (Å²) in [6, 6.07) is 59.6. The van der Waals surface area contributed by atoms with Gasteiger partial charge in [-0.05, 0) is 41.5 Å². The number of benzene rings is 7. The molecule has 0 spiro atoms. The van der Waals surface area contributed by atoms with Crippen LogP contribution in [0.4, 0.5) is 0 Å². The molecule has 0 saturated heterocycles. The summed E-state index contributed by atoms with van der Waals surface area (Å²) in [5.74, 6) is 1.93. The monoisotopic (exact) mass is 656 g/mol. The third kappa shape index (κ3) is 4.55. The predicted molar refractivity (Wildman–Crippen MR) is 209 cm³/mol. The Bertz CT molecular complexity index is 2800. The van der Waals surface area contributed by atoms with Gasteiger partial charge in [-0.1, -0.05) is 140 Å². The highest BCUT2D eigenvalue weighted by Gasteiger charge is 2.24. The number of fused-ring (bicyclic) bond motifs is 6. The van der Waals surface area contributed by atoms with Crippen LogP contribution in [0.1, 0.15) is 0 Å². The summed E-state index contributed by atoms with van der Waals surface area (Å²) in [6.07, 6.45) is 0. The largest absolute Gasteiger partial charge is 0.308 e. The van der Waals surface area contributed by atoms with E-state index in [-0.39, 0.29) is 0 Å². The van der Waals surface area contributed by atoms with Crippen LogP contribution < -0.4 is 0 Å². The molecule has 0 aliphatic heterocycles. The van der Waals surface area contributed by atoms with Crippen LogP contribution in [0.5, 0.6) is 0 Å². The zero-order valence-corrected chi connectivity index (χ0v) is 27.7. The molecule has 0 fully saturated rings. The van der Waals surface area contributed by atoms with E-state index in [9.17, 15) is 0 Å². The second kappa shape index (κ2) is 11.6. The molecular formula is C45H28N4S. The maximum absolute atomic E-state index is 5.30. The first kappa shape index (κ1) is 28.6. The number of hydrogen-bond acceptors (Lipinski definition) is 4. The molecule has 0 radical (unpaired) electrons. The highest BCUT2D eigenvalue weighted by molar-refractivity contribution is 7.26. The molecule has 0 bridgehead atoms. The van der Waals surface area contributed by atoms with Crippen LogP contribution in [0, 0.1) is 0 Å². The van der Waals surface area contributed by atoms with Crippen molar-refractivity contribution in [3.63, 3.8) is 0 Å². The molecule has 0 aliphatic rings. The Morgan fingerprint density at radius 2 is 0.940 bits per heavy atom. The summed E-state index contributed by atoms with van der Waals surface area (Å²) in [5, 5.41) is 4.77. The van der Waals surface area contributed by atoms with Crippen molar-refractivity contribution in [2.24, 2.45) is 0 Å². The predicted octanol–water partition coefficient (Wildman–Crippen LogP) is 12.0. The molecule has 0 atom stereocenters. The standard InChI is InChI=1S/C45H28N4S/c1-4-15-29(16-5-1)32-23-14-25-36-40(32)33-21-10-12-24-35(33)49(36)37-27-28-39-41(34-22-11-13-26-38(34)50-39)42(37)45-47-43(30-17-6-2-7-18-30)46-44(48-45)31-19-8-3-9-20-31/h1-28H. The van der Waals surface area contributed by atoms with Gasteiger partial charge >= 0.3 is 0 Å². The summed E-state index contributed by atoms with van der Waals surface area (Å²) in [6.45, 7) is 0. The Morgan fingerprint density at radius 1 is 0.380 bits per heavy atom. The Kier molecular flexibility index (Phi) is 6.64. The number of nitrogens with zero attached hydrogens (tertiary/aromatic N) is 4. The minimum Gasteiger partial charge on any atom is -0.308 e. The van der Waals surface area contributed by atoms with E-state index in [1.165, 1.54) is 36.7 Å². The molecular weight excluding hydrogens is 629 g/mol. The average molecular weight is 657 g/mol. The highest BCUT2D eigenvalue weighted by atomic mass is 32.1. The molecule has 7 aromatic carbocycles. The third-order valence-electron chi connectivity index (χ3n) is 9.47. The van der Waals surface area contributed by atoms with Crippen molar-refractivity contribution in [1.29, 1.82) is 0 Å². The van der Waals surface area contributed by atoms with E-state index in [1.807, 2.05) is 36.4 Å². The Morgan fingerprint density at radius 3 is 1.64 bits per heavy atom. The molecule has 50 heavy (non-hydrogen) atoms. The van der Waals surface area contributed by atoms with Crippen molar-refractivity contribution in [3.05, 3.63) is 170 Å². The van der Waals surface area contributed by atoms with Crippen LogP contribution in [-0.2, 0) is 0 Å². The lowest BCUT2D eigenvalue weighted by Crippen LogP contribution is -2.04. The molecule has 0 saturated carbocycles. The van der Waals surface area contributed by atoms with Gasteiger partial charge in [0.25, 0.3) is 0 Å². The van der Waals surface area contributed by atoms with Gasteiger partial charge in [0.15, 0.2) is 17.5 Å². The number of rotatable bonds is 5. The van der Waals surface area contributed by atoms with Gasteiger partial charge < -0.3 is 4.57 Å². The van der Waals surface area contributed by atoms with Gasteiger partial charge in [0, 0.05) is 42.1 Å². The fourth-order valence-electron chi connectivity index (χ4n) is 7.28. The molecule has 0 aliphatic carbocycles. The van der Waals surface area contributed by atoms with Gasteiger partial charge in [-0.2, -0.15) is 0 Å². The molecule has 3 aromatic heterocycles. The van der Waals surface area contributed by atoms with E-state index in [1.54, 1.807) is 11.3 Å². The van der Waals surface area contributed by atoms with Gasteiger partial charge in [-0.15, -0.1) is 11.3 Å². The van der Waals surface area contributed by atoms with Gasteiger partial charge in [-0.3, -0.25) is 0 Å². The second-order valence-corrected chi connectivity index (χ2v) is 13.5. The lowest BCUT2D eigenvalue weighted by molar-refractivity contribution is 1.07. The summed E-state index contributed by atoms with van der Waals surface area (Å²) in [7, 11) is 0. The van der Waals surface area contributed by atoms with Crippen molar-refractivity contribution in [3.8, 4) is 51.0 Å². The first-order chi connectivity index (χ1) is 24.8. The number of aromatic nitrogens is 4. The zero-order chi connectivity index (χ0) is 33.0. The van der Waals surface area contributed by atoms with Crippen LogP contribution in [0.15, 0.2) is 170 Å². The van der Waals surface area contributed by atoms with Crippen LogP contribution in [0.2, 0.25) is 0 Å². The first-order valence-electron chi connectivity index (χ1n) is 16.7. The van der Waals surface area contributed by atoms with E-state index in [0.29, 0.717) is 17.5 Å². The summed E-state index contributed by atoms with van der Waals surface area (Å²) in [5.41, 5.74) is 8.58. The number of hydrogen-bond donors (Lipinski definition) is 0. The number of thiophene rings is 1. The maximum atomic E-state index is 5.30. The Balaban J connectivity index is 1.36. The SMILES string of the molecule is c1ccc(-c2nc(-c3ccccc3)nc(-c3c(-n4c5ccccc5c5c(-c6ccccc6)cccc54)ccc4sc5ccccc5c34)n2)cc1. The Labute approximate surface area is 292 Å². The van der Waals surface area contributed by atoms with Crippen LogP contribution in [-0.4, -0.2) is 19.5 Å². The molecule has 234 valence electrons. The lowest BCUT2D eigenvalue weighted by Gasteiger charge is -2.16. The minimum absolute atomic E-state index is 0.644. The third-order valence-corrected chi connectivity index (χ3v) is 10.6. The smallest absolute Gasteiger partial charge is 0.166 e. The van der Waals surface area contributed by atoms with Crippen LogP contribution in [0.3, 0.4) is 0 Å². The maximum Gasteiger partial charge on any atom is 0.166 e. The van der Waals surface area contributed by atoms with Gasteiger partial charge in [0.1, 0.15) is 0 Å². The molecule has 3 heterocycles. The molecule has 0 N–H and O–H groups in total. The summed E-state index contributed by atoms with van der Waals surface area (Å²) >= 11 is 1.80. The lowest BCUT2D eigenvalue weighted by atomic mass is 9.99. The van der Waals surface area contributed by atoms with Gasteiger partial charge in [0.05, 0.1) is 22.3 Å². The van der Waals surface area contributed by atoms with Gasteiger partial charge in [-0.25, -0.2) is 15.0 Å². The van der Waals surface area contributed by atoms with Crippen LogP contribution in [0.25, 0.3) is 93.0 Å². The molecule has 10 aromatic rings. The van der Waals surface area contributed by atoms with E-state index in [0.717, 1.165) is 38.8 Å². The molecule has 4 nitrogen and oxygen atoms in total. The van der Waals surface area contributed by atoms with Gasteiger partial charge in [0.2, 0.25) is 0 Å². The second-order valence-electron chi connectivity index (χ2n) is 12.4. The topological polar surface area (TPSA) is 43.6 Å². The van der Waals surface area contributed by atoms with Crippen molar-refractivity contribution in [2.75, 3.05) is 0 Å². The van der Waals surface area contributed by atoms with Crippen molar-refractivity contribution in [2.45, 2.75) is 0 Å². The quantitative estimate of drug-likeness (QED) is 0.185. The zero-order valence-electron chi connectivity index (χ0n) is 26.9. The van der Waals surface area contributed by atoms with E-state index in [4.69, 9.17) is 15.0 Å². The highest BCUT2D eigenvalue weighted by Crippen LogP contribution is 2.46.